The smallest absolute Gasteiger partial charge is 0.219 e. The number of methoxy groups -OCH3 is 1. The Bertz CT molecular complexity index is 580. The number of nitrogens with zero attached hydrogens (tertiary/aromatic N) is 1. The van der Waals surface area contributed by atoms with Crippen LogP contribution in [0.15, 0.2) is 42.5 Å². The highest BCUT2D eigenvalue weighted by Crippen LogP contribution is 2.24. The van der Waals surface area contributed by atoms with Crippen LogP contribution in [0.3, 0.4) is 0 Å². The Kier molecular flexibility index (Phi) is 4.33. The zero-order valence-corrected chi connectivity index (χ0v) is 11.9. The lowest BCUT2D eigenvalue weighted by Gasteiger charge is -2.23. The number of benzene rings is 1. The van der Waals surface area contributed by atoms with Crippen LogP contribution in [0, 0.1) is 0 Å². The van der Waals surface area contributed by atoms with Crippen LogP contribution in [0.4, 0.5) is 0 Å². The molecule has 1 fully saturated rings. The minimum absolute atomic E-state index is 0.0156. The van der Waals surface area contributed by atoms with Crippen molar-refractivity contribution in [1.29, 1.82) is 0 Å². The van der Waals surface area contributed by atoms with Gasteiger partial charge in [0, 0.05) is 19.2 Å². The average Bonchev–Trinajstić information content (AvgIpc) is 2.57. The number of hydrogen-bond donors (Lipinski definition) is 1. The predicted molar refractivity (Wildman–Crippen MR) is 78.9 cm³/mol. The van der Waals surface area contributed by atoms with Crippen molar-refractivity contribution < 1.29 is 14.2 Å². The quantitative estimate of drug-likeness (QED) is 0.936. The van der Waals surface area contributed by atoms with Crippen molar-refractivity contribution in [1.82, 2.24) is 10.3 Å². The molecule has 2 aromatic rings. The molecule has 110 valence electrons. The molecule has 0 bridgehead atoms. The summed E-state index contributed by atoms with van der Waals surface area (Å²) < 4.78 is 16.6. The highest BCUT2D eigenvalue weighted by molar-refractivity contribution is 5.33. The van der Waals surface area contributed by atoms with Gasteiger partial charge in [0.25, 0.3) is 0 Å². The first-order valence-electron chi connectivity index (χ1n) is 6.96. The Morgan fingerprint density at radius 3 is 2.67 bits per heavy atom. The van der Waals surface area contributed by atoms with Crippen LogP contribution in [0.5, 0.6) is 17.4 Å². The molecule has 1 aliphatic rings. The maximum absolute atomic E-state index is 5.77. The minimum Gasteiger partial charge on any atom is -0.497 e. The third kappa shape index (κ3) is 3.51. The molecule has 1 saturated heterocycles. The SMILES string of the molecule is COc1ccc(Oc2cccc([C@@H]3CNCCO3)n2)cc1. The van der Waals surface area contributed by atoms with E-state index in [1.807, 2.05) is 42.5 Å². The van der Waals surface area contributed by atoms with E-state index in [9.17, 15) is 0 Å². The molecule has 1 aromatic heterocycles. The molecule has 21 heavy (non-hydrogen) atoms. The number of nitrogens with one attached hydrogen (secondary N) is 1. The highest BCUT2D eigenvalue weighted by Gasteiger charge is 2.17. The lowest BCUT2D eigenvalue weighted by atomic mass is 10.2. The van der Waals surface area contributed by atoms with E-state index in [0.717, 1.165) is 30.3 Å². The standard InChI is InChI=1S/C16H18N2O3/c1-19-12-5-7-13(8-6-12)21-16-4-2-3-14(18-16)15-11-17-9-10-20-15/h2-8,15,17H,9-11H2,1H3/t15-/m0/s1. The van der Waals surface area contributed by atoms with Gasteiger partial charge in [-0.05, 0) is 30.3 Å². The van der Waals surface area contributed by atoms with Crippen LogP contribution < -0.4 is 14.8 Å². The van der Waals surface area contributed by atoms with Gasteiger partial charge in [0.1, 0.15) is 17.6 Å². The minimum atomic E-state index is -0.0156. The zero-order chi connectivity index (χ0) is 14.5. The summed E-state index contributed by atoms with van der Waals surface area (Å²) in [4.78, 5) is 4.52. The largest absolute Gasteiger partial charge is 0.497 e. The Balaban J connectivity index is 1.72. The van der Waals surface area contributed by atoms with Crippen molar-refractivity contribution in [3.05, 3.63) is 48.2 Å². The van der Waals surface area contributed by atoms with E-state index in [4.69, 9.17) is 14.2 Å². The Morgan fingerprint density at radius 2 is 1.95 bits per heavy atom. The molecular formula is C16H18N2O3. The van der Waals surface area contributed by atoms with Gasteiger partial charge in [0.15, 0.2) is 0 Å². The van der Waals surface area contributed by atoms with Crippen molar-refractivity contribution in [3.8, 4) is 17.4 Å². The van der Waals surface area contributed by atoms with Crippen LogP contribution in [-0.2, 0) is 4.74 Å². The summed E-state index contributed by atoms with van der Waals surface area (Å²) in [6.07, 6.45) is -0.0156. The Morgan fingerprint density at radius 1 is 1.14 bits per heavy atom. The fourth-order valence-electron chi connectivity index (χ4n) is 2.19. The summed E-state index contributed by atoms with van der Waals surface area (Å²) in [7, 11) is 1.64. The van der Waals surface area contributed by atoms with E-state index in [-0.39, 0.29) is 6.10 Å². The lowest BCUT2D eigenvalue weighted by molar-refractivity contribution is 0.0248. The maximum atomic E-state index is 5.77. The van der Waals surface area contributed by atoms with Crippen molar-refractivity contribution in [2.45, 2.75) is 6.10 Å². The van der Waals surface area contributed by atoms with Crippen LogP contribution in [0.2, 0.25) is 0 Å². The normalized spacial score (nSPS) is 18.2. The van der Waals surface area contributed by atoms with Crippen LogP contribution in [0.1, 0.15) is 11.8 Å². The second-order valence-electron chi connectivity index (χ2n) is 4.74. The van der Waals surface area contributed by atoms with Gasteiger partial charge >= 0.3 is 0 Å². The second kappa shape index (κ2) is 6.56. The molecule has 0 saturated carbocycles. The number of pyridine rings is 1. The van der Waals surface area contributed by atoms with Crippen LogP contribution >= 0.6 is 0 Å². The van der Waals surface area contributed by atoms with E-state index >= 15 is 0 Å². The third-order valence-corrected chi connectivity index (χ3v) is 3.28. The Labute approximate surface area is 123 Å². The van der Waals surface area contributed by atoms with E-state index < -0.39 is 0 Å². The molecular weight excluding hydrogens is 268 g/mol. The van der Waals surface area contributed by atoms with Gasteiger partial charge in [0.05, 0.1) is 19.4 Å². The fourth-order valence-corrected chi connectivity index (χ4v) is 2.19. The highest BCUT2D eigenvalue weighted by atomic mass is 16.5. The first-order chi connectivity index (χ1) is 10.3. The number of morpholine rings is 1. The van der Waals surface area contributed by atoms with Gasteiger partial charge < -0.3 is 19.5 Å². The van der Waals surface area contributed by atoms with Gasteiger partial charge in [-0.3, -0.25) is 0 Å². The summed E-state index contributed by atoms with van der Waals surface area (Å²) in [5, 5.41) is 3.30. The van der Waals surface area contributed by atoms with E-state index in [0.29, 0.717) is 12.5 Å². The summed E-state index contributed by atoms with van der Waals surface area (Å²) in [5.74, 6) is 2.08. The molecule has 0 radical (unpaired) electrons. The number of rotatable bonds is 4. The van der Waals surface area contributed by atoms with Gasteiger partial charge in [-0.2, -0.15) is 0 Å². The molecule has 1 N–H and O–H groups in total. The molecule has 0 amide bonds. The molecule has 0 spiro atoms. The molecule has 1 atom stereocenters. The van der Waals surface area contributed by atoms with Crippen molar-refractivity contribution >= 4 is 0 Å². The summed E-state index contributed by atoms with van der Waals surface area (Å²) >= 11 is 0. The number of hydrogen-bond acceptors (Lipinski definition) is 5. The topological polar surface area (TPSA) is 52.6 Å². The molecule has 3 rings (SSSR count). The predicted octanol–water partition coefficient (Wildman–Crippen LogP) is 2.54. The van der Waals surface area contributed by atoms with Crippen molar-refractivity contribution in [3.63, 3.8) is 0 Å². The van der Waals surface area contributed by atoms with Gasteiger partial charge in [0.2, 0.25) is 5.88 Å². The van der Waals surface area contributed by atoms with Gasteiger partial charge in [-0.1, -0.05) is 6.07 Å². The Hall–Kier alpha value is -2.11. The summed E-state index contributed by atoms with van der Waals surface area (Å²) in [6, 6.07) is 13.1. The summed E-state index contributed by atoms with van der Waals surface area (Å²) in [6.45, 7) is 2.37. The molecule has 1 aromatic carbocycles. The number of aromatic nitrogens is 1. The average molecular weight is 286 g/mol. The van der Waals surface area contributed by atoms with Gasteiger partial charge in [-0.25, -0.2) is 4.98 Å². The van der Waals surface area contributed by atoms with E-state index in [1.165, 1.54) is 0 Å². The van der Waals surface area contributed by atoms with E-state index in [2.05, 4.69) is 10.3 Å². The molecule has 0 unspecified atom stereocenters. The van der Waals surface area contributed by atoms with E-state index in [1.54, 1.807) is 7.11 Å². The monoisotopic (exact) mass is 286 g/mol. The van der Waals surface area contributed by atoms with Crippen LogP contribution in [-0.4, -0.2) is 31.8 Å². The summed E-state index contributed by atoms with van der Waals surface area (Å²) in [5.41, 5.74) is 0.883. The van der Waals surface area contributed by atoms with Gasteiger partial charge in [-0.15, -0.1) is 0 Å². The number of ether oxygens (including phenoxy) is 3. The van der Waals surface area contributed by atoms with Crippen molar-refractivity contribution in [2.24, 2.45) is 0 Å². The molecule has 1 aliphatic heterocycles. The first-order valence-corrected chi connectivity index (χ1v) is 6.96. The first kappa shape index (κ1) is 13.9. The van der Waals surface area contributed by atoms with Crippen molar-refractivity contribution in [2.75, 3.05) is 26.8 Å². The molecule has 2 heterocycles. The second-order valence-corrected chi connectivity index (χ2v) is 4.74. The zero-order valence-electron chi connectivity index (χ0n) is 11.9. The molecule has 5 heteroatoms. The molecule has 5 nitrogen and oxygen atoms in total. The van der Waals surface area contributed by atoms with Crippen LogP contribution in [0.25, 0.3) is 0 Å². The lowest BCUT2D eigenvalue weighted by Crippen LogP contribution is -2.33. The third-order valence-electron chi connectivity index (χ3n) is 3.28. The molecule has 0 aliphatic carbocycles. The maximum Gasteiger partial charge on any atom is 0.219 e. The fraction of sp³-hybridized carbons (Fsp3) is 0.312.